The van der Waals surface area contributed by atoms with Crippen LogP contribution in [0.25, 0.3) is 0 Å². The van der Waals surface area contributed by atoms with Crippen LogP contribution in [0.2, 0.25) is 0 Å². The van der Waals surface area contributed by atoms with Gasteiger partial charge in [-0.2, -0.15) is 5.26 Å². The van der Waals surface area contributed by atoms with Crippen molar-refractivity contribution in [2.75, 3.05) is 13.1 Å². The first-order chi connectivity index (χ1) is 9.27. The molecule has 0 unspecified atom stereocenters. The van der Waals surface area contributed by atoms with Crippen LogP contribution in [-0.2, 0) is 4.79 Å². The van der Waals surface area contributed by atoms with Crippen molar-refractivity contribution in [3.8, 4) is 6.07 Å². The number of nitrogens with zero attached hydrogens (tertiary/aromatic N) is 2. The highest BCUT2D eigenvalue weighted by molar-refractivity contribution is 5.82. The predicted molar refractivity (Wildman–Crippen MR) is 76.1 cm³/mol. The summed E-state index contributed by atoms with van der Waals surface area (Å²) in [5.74, 6) is -0.598. The van der Waals surface area contributed by atoms with Crippen LogP contribution in [0, 0.1) is 23.2 Å². The fourth-order valence-electron chi connectivity index (χ4n) is 1.83. The van der Waals surface area contributed by atoms with Crippen LogP contribution in [-0.4, -0.2) is 41.1 Å². The number of hydrogen-bond acceptors (Lipinski definition) is 3. The van der Waals surface area contributed by atoms with E-state index in [9.17, 15) is 9.59 Å². The number of nitrogens with one attached hydrogen (secondary N) is 1. The molecule has 0 spiro atoms. The van der Waals surface area contributed by atoms with Crippen LogP contribution >= 0.6 is 0 Å². The van der Waals surface area contributed by atoms with Crippen LogP contribution in [0.3, 0.4) is 0 Å². The molecule has 0 aromatic rings. The van der Waals surface area contributed by atoms with E-state index in [4.69, 9.17) is 10.4 Å². The van der Waals surface area contributed by atoms with Crippen molar-refractivity contribution < 1.29 is 14.7 Å². The van der Waals surface area contributed by atoms with Gasteiger partial charge in [0, 0.05) is 13.1 Å². The third-order valence-corrected chi connectivity index (χ3v) is 2.67. The normalized spacial score (nSPS) is 12.1. The van der Waals surface area contributed by atoms with E-state index in [1.807, 2.05) is 33.8 Å². The summed E-state index contributed by atoms with van der Waals surface area (Å²) in [5.41, 5.74) is 0. The fraction of sp³-hybridized carbons (Fsp3) is 0.786. The number of aliphatic carboxylic acids is 1. The van der Waals surface area contributed by atoms with Crippen molar-refractivity contribution in [1.82, 2.24) is 10.2 Å². The highest BCUT2D eigenvalue weighted by atomic mass is 16.4. The van der Waals surface area contributed by atoms with Crippen LogP contribution < -0.4 is 5.32 Å². The summed E-state index contributed by atoms with van der Waals surface area (Å²) < 4.78 is 0. The first-order valence-electron chi connectivity index (χ1n) is 6.93. The Bertz CT molecular complexity index is 361. The van der Waals surface area contributed by atoms with Crippen LogP contribution in [0.1, 0.15) is 40.5 Å². The van der Waals surface area contributed by atoms with Crippen LogP contribution in [0.15, 0.2) is 0 Å². The van der Waals surface area contributed by atoms with E-state index in [1.165, 1.54) is 4.90 Å². The van der Waals surface area contributed by atoms with Gasteiger partial charge in [0.25, 0.3) is 0 Å². The number of hydrogen-bond donors (Lipinski definition) is 2. The van der Waals surface area contributed by atoms with Crippen molar-refractivity contribution in [2.24, 2.45) is 11.8 Å². The Morgan fingerprint density at radius 2 is 1.85 bits per heavy atom. The SMILES string of the molecule is CC(C)C[C@@H](NC(=O)N(CCC#N)CC(C)C)C(=O)O. The summed E-state index contributed by atoms with van der Waals surface area (Å²) in [7, 11) is 0. The van der Waals surface area contributed by atoms with Gasteiger partial charge in [-0.25, -0.2) is 9.59 Å². The second kappa shape index (κ2) is 9.18. The summed E-state index contributed by atoms with van der Waals surface area (Å²) in [6, 6.07) is 0.692. The topological polar surface area (TPSA) is 93.4 Å². The lowest BCUT2D eigenvalue weighted by Gasteiger charge is -2.26. The van der Waals surface area contributed by atoms with Gasteiger partial charge in [-0.1, -0.05) is 27.7 Å². The zero-order chi connectivity index (χ0) is 15.7. The molecule has 114 valence electrons. The number of amides is 2. The maximum absolute atomic E-state index is 12.1. The van der Waals surface area contributed by atoms with Gasteiger partial charge >= 0.3 is 12.0 Å². The van der Waals surface area contributed by atoms with Crippen molar-refractivity contribution in [2.45, 2.75) is 46.6 Å². The molecule has 0 rings (SSSR count). The molecular weight excluding hydrogens is 258 g/mol. The molecule has 20 heavy (non-hydrogen) atoms. The molecule has 0 aromatic heterocycles. The lowest BCUT2D eigenvalue weighted by Crippen LogP contribution is -2.49. The number of urea groups is 1. The summed E-state index contributed by atoms with van der Waals surface area (Å²) in [5, 5.41) is 20.3. The fourth-order valence-corrected chi connectivity index (χ4v) is 1.83. The molecule has 0 bridgehead atoms. The second-order valence-corrected chi connectivity index (χ2v) is 5.72. The van der Waals surface area contributed by atoms with Crippen LogP contribution in [0.4, 0.5) is 4.79 Å². The van der Waals surface area contributed by atoms with E-state index in [0.717, 1.165) is 0 Å². The molecule has 0 aliphatic carbocycles. The van der Waals surface area contributed by atoms with E-state index < -0.39 is 18.0 Å². The summed E-state index contributed by atoms with van der Waals surface area (Å²) in [4.78, 5) is 24.8. The van der Waals surface area contributed by atoms with Gasteiger partial charge in [0.05, 0.1) is 12.5 Å². The average molecular weight is 283 g/mol. The molecule has 6 heteroatoms. The summed E-state index contributed by atoms with van der Waals surface area (Å²) >= 11 is 0. The number of nitriles is 1. The van der Waals surface area contributed by atoms with Gasteiger partial charge in [-0.05, 0) is 18.3 Å². The molecule has 0 saturated carbocycles. The predicted octanol–water partition coefficient (Wildman–Crippen LogP) is 2.07. The molecule has 0 radical (unpaired) electrons. The molecule has 1 atom stereocenters. The van der Waals surface area contributed by atoms with Crippen molar-refractivity contribution in [3.63, 3.8) is 0 Å². The Kier molecular flexibility index (Phi) is 8.37. The molecule has 2 amide bonds. The average Bonchev–Trinajstić information content (AvgIpc) is 2.32. The van der Waals surface area contributed by atoms with Gasteiger partial charge in [0.2, 0.25) is 0 Å². The Morgan fingerprint density at radius 3 is 2.25 bits per heavy atom. The minimum Gasteiger partial charge on any atom is -0.480 e. The first-order valence-corrected chi connectivity index (χ1v) is 6.93. The Labute approximate surface area is 120 Å². The minimum absolute atomic E-state index is 0.175. The first kappa shape index (κ1) is 18.2. The van der Waals surface area contributed by atoms with E-state index in [2.05, 4.69) is 5.32 Å². The van der Waals surface area contributed by atoms with Gasteiger partial charge in [-0.3, -0.25) is 0 Å². The van der Waals surface area contributed by atoms with E-state index in [0.29, 0.717) is 19.5 Å². The standard InChI is InChI=1S/C14H25N3O3/c1-10(2)8-12(13(18)19)16-14(20)17(7-5-6-15)9-11(3)4/h10-12H,5,7-9H2,1-4H3,(H,16,20)(H,18,19)/t12-/m1/s1. The lowest BCUT2D eigenvalue weighted by molar-refractivity contribution is -0.139. The molecule has 0 fully saturated rings. The molecule has 0 heterocycles. The van der Waals surface area contributed by atoms with E-state index in [-0.39, 0.29) is 18.3 Å². The van der Waals surface area contributed by atoms with Gasteiger partial charge in [0.1, 0.15) is 6.04 Å². The molecular formula is C14H25N3O3. The molecule has 2 N–H and O–H groups in total. The molecule has 6 nitrogen and oxygen atoms in total. The largest absolute Gasteiger partial charge is 0.480 e. The third-order valence-electron chi connectivity index (χ3n) is 2.67. The Morgan fingerprint density at radius 1 is 1.25 bits per heavy atom. The van der Waals surface area contributed by atoms with E-state index >= 15 is 0 Å². The highest BCUT2D eigenvalue weighted by Crippen LogP contribution is 2.07. The Hall–Kier alpha value is -1.77. The second-order valence-electron chi connectivity index (χ2n) is 5.72. The maximum Gasteiger partial charge on any atom is 0.326 e. The number of carboxylic acid groups (broad SMARTS) is 1. The van der Waals surface area contributed by atoms with Gasteiger partial charge < -0.3 is 15.3 Å². The number of carbonyl (C=O) groups is 2. The van der Waals surface area contributed by atoms with Crippen molar-refractivity contribution >= 4 is 12.0 Å². The van der Waals surface area contributed by atoms with Crippen LogP contribution in [0.5, 0.6) is 0 Å². The maximum atomic E-state index is 12.1. The van der Waals surface area contributed by atoms with E-state index in [1.54, 1.807) is 0 Å². The molecule has 0 aromatic carbocycles. The lowest BCUT2D eigenvalue weighted by atomic mass is 10.0. The van der Waals surface area contributed by atoms with Crippen molar-refractivity contribution in [1.29, 1.82) is 5.26 Å². The third kappa shape index (κ3) is 7.62. The minimum atomic E-state index is -1.03. The summed E-state index contributed by atoms with van der Waals surface area (Å²) in [6.45, 7) is 8.56. The molecule has 0 aliphatic rings. The van der Waals surface area contributed by atoms with Gasteiger partial charge in [0.15, 0.2) is 0 Å². The van der Waals surface area contributed by atoms with Gasteiger partial charge in [-0.15, -0.1) is 0 Å². The number of carboxylic acids is 1. The quantitative estimate of drug-likeness (QED) is 0.713. The number of rotatable bonds is 8. The zero-order valence-corrected chi connectivity index (χ0v) is 12.7. The zero-order valence-electron chi connectivity index (χ0n) is 12.7. The molecule has 0 aliphatic heterocycles. The summed E-state index contributed by atoms with van der Waals surface area (Å²) in [6.07, 6.45) is 0.622. The number of carbonyl (C=O) groups excluding carboxylic acids is 1. The Balaban J connectivity index is 4.69. The van der Waals surface area contributed by atoms with Crippen molar-refractivity contribution in [3.05, 3.63) is 0 Å². The monoisotopic (exact) mass is 283 g/mol. The highest BCUT2D eigenvalue weighted by Gasteiger charge is 2.24. The smallest absolute Gasteiger partial charge is 0.326 e. The molecule has 0 saturated heterocycles.